The van der Waals surface area contributed by atoms with Crippen molar-refractivity contribution in [1.82, 2.24) is 4.90 Å². The lowest BCUT2D eigenvalue weighted by Gasteiger charge is -2.32. The van der Waals surface area contributed by atoms with E-state index in [-0.39, 0.29) is 12.0 Å². The summed E-state index contributed by atoms with van der Waals surface area (Å²) in [6, 6.07) is 10.6. The first-order valence-corrected chi connectivity index (χ1v) is 9.08. The van der Waals surface area contributed by atoms with Gasteiger partial charge in [0, 0.05) is 37.9 Å². The highest BCUT2D eigenvalue weighted by molar-refractivity contribution is 5.80. The number of amides is 1. The van der Waals surface area contributed by atoms with Crippen LogP contribution in [0.25, 0.3) is 0 Å². The first kappa shape index (κ1) is 15.0. The molecular weight excluding hydrogens is 286 g/mol. The SMILES string of the molecule is NC1C2CCC(C2)C1C(=O)N1CCCN(c2ccccc2)CC1. The maximum Gasteiger partial charge on any atom is 0.227 e. The van der Waals surface area contributed by atoms with Crippen molar-refractivity contribution < 1.29 is 4.79 Å². The summed E-state index contributed by atoms with van der Waals surface area (Å²) in [6.07, 6.45) is 4.66. The van der Waals surface area contributed by atoms with E-state index in [9.17, 15) is 4.79 Å². The van der Waals surface area contributed by atoms with Crippen LogP contribution in [0.3, 0.4) is 0 Å². The summed E-state index contributed by atoms with van der Waals surface area (Å²) in [5.41, 5.74) is 7.63. The van der Waals surface area contributed by atoms with Gasteiger partial charge in [-0.1, -0.05) is 18.2 Å². The topological polar surface area (TPSA) is 49.6 Å². The molecule has 0 radical (unpaired) electrons. The largest absolute Gasteiger partial charge is 0.370 e. The molecule has 3 aliphatic rings. The first-order valence-electron chi connectivity index (χ1n) is 9.08. The summed E-state index contributed by atoms with van der Waals surface area (Å²) in [5.74, 6) is 1.58. The highest BCUT2D eigenvalue weighted by Crippen LogP contribution is 2.48. The molecule has 0 aromatic heterocycles. The van der Waals surface area contributed by atoms with Gasteiger partial charge in [-0.3, -0.25) is 4.79 Å². The van der Waals surface area contributed by atoms with Crippen LogP contribution in [0.5, 0.6) is 0 Å². The van der Waals surface area contributed by atoms with Crippen LogP contribution in [0.15, 0.2) is 30.3 Å². The van der Waals surface area contributed by atoms with Crippen LogP contribution in [0, 0.1) is 17.8 Å². The standard InChI is InChI=1S/C19H27N3O/c20-18-15-8-7-14(13-15)17(18)19(23)22-10-4-9-21(11-12-22)16-5-2-1-3-6-16/h1-3,5-6,14-15,17-18H,4,7-13,20H2. The molecule has 2 bridgehead atoms. The minimum Gasteiger partial charge on any atom is -0.370 e. The second kappa shape index (κ2) is 6.16. The van der Waals surface area contributed by atoms with Gasteiger partial charge in [-0.25, -0.2) is 0 Å². The van der Waals surface area contributed by atoms with E-state index in [1.807, 2.05) is 6.07 Å². The van der Waals surface area contributed by atoms with Gasteiger partial charge in [-0.2, -0.15) is 0 Å². The summed E-state index contributed by atoms with van der Waals surface area (Å²) >= 11 is 0. The molecule has 2 saturated carbocycles. The number of rotatable bonds is 2. The third-order valence-corrected chi connectivity index (χ3v) is 6.19. The van der Waals surface area contributed by atoms with Gasteiger partial charge in [0.25, 0.3) is 0 Å². The van der Waals surface area contributed by atoms with Gasteiger partial charge >= 0.3 is 0 Å². The predicted octanol–water partition coefficient (Wildman–Crippen LogP) is 2.10. The third-order valence-electron chi connectivity index (χ3n) is 6.19. The highest BCUT2D eigenvalue weighted by Gasteiger charge is 2.50. The van der Waals surface area contributed by atoms with Crippen LogP contribution in [0.1, 0.15) is 25.7 Å². The Balaban J connectivity index is 1.42. The number of nitrogens with zero attached hydrogens (tertiary/aromatic N) is 2. The Morgan fingerprint density at radius 1 is 1.00 bits per heavy atom. The molecule has 1 aliphatic heterocycles. The molecule has 0 spiro atoms. The molecule has 4 atom stereocenters. The zero-order valence-corrected chi connectivity index (χ0v) is 13.7. The maximum absolute atomic E-state index is 13.0. The maximum atomic E-state index is 13.0. The Bertz CT molecular complexity index is 559. The Labute approximate surface area is 138 Å². The fourth-order valence-corrected chi connectivity index (χ4v) is 4.95. The van der Waals surface area contributed by atoms with Crippen LogP contribution < -0.4 is 10.6 Å². The van der Waals surface area contributed by atoms with Crippen molar-refractivity contribution >= 4 is 11.6 Å². The van der Waals surface area contributed by atoms with Crippen LogP contribution in [-0.2, 0) is 4.79 Å². The predicted molar refractivity (Wildman–Crippen MR) is 92.1 cm³/mol. The zero-order chi connectivity index (χ0) is 15.8. The molecule has 3 fully saturated rings. The number of carbonyl (C=O) groups excluding carboxylic acids is 1. The number of para-hydroxylation sites is 1. The van der Waals surface area contributed by atoms with Crippen LogP contribution >= 0.6 is 0 Å². The normalized spacial score (nSPS) is 33.8. The first-order chi connectivity index (χ1) is 11.2. The number of anilines is 1. The smallest absolute Gasteiger partial charge is 0.227 e. The lowest BCUT2D eigenvalue weighted by Crippen LogP contribution is -2.48. The molecule has 4 rings (SSSR count). The summed E-state index contributed by atoms with van der Waals surface area (Å²) in [6.45, 7) is 3.65. The quantitative estimate of drug-likeness (QED) is 0.909. The van der Waals surface area contributed by atoms with Gasteiger partial charge < -0.3 is 15.5 Å². The van der Waals surface area contributed by atoms with Gasteiger partial charge in [-0.15, -0.1) is 0 Å². The Morgan fingerprint density at radius 2 is 1.78 bits per heavy atom. The third kappa shape index (κ3) is 2.74. The monoisotopic (exact) mass is 313 g/mol. The molecule has 4 unspecified atom stereocenters. The van der Waals surface area contributed by atoms with E-state index < -0.39 is 0 Å². The number of benzene rings is 1. The molecule has 1 aromatic rings. The molecule has 1 heterocycles. The Kier molecular flexibility index (Phi) is 4.02. The van der Waals surface area contributed by atoms with Gasteiger partial charge in [-0.05, 0) is 49.7 Å². The van der Waals surface area contributed by atoms with E-state index in [1.54, 1.807) is 0 Å². The van der Waals surface area contributed by atoms with Gasteiger partial charge in [0.1, 0.15) is 0 Å². The van der Waals surface area contributed by atoms with Crippen molar-refractivity contribution in [2.75, 3.05) is 31.1 Å². The Hall–Kier alpha value is -1.55. The van der Waals surface area contributed by atoms with Crippen molar-refractivity contribution in [3.63, 3.8) is 0 Å². The molecular formula is C19H27N3O. The molecule has 2 N–H and O–H groups in total. The van der Waals surface area contributed by atoms with Crippen LogP contribution in [-0.4, -0.2) is 43.0 Å². The molecule has 23 heavy (non-hydrogen) atoms. The molecule has 4 heteroatoms. The van der Waals surface area contributed by atoms with Crippen molar-refractivity contribution in [2.24, 2.45) is 23.5 Å². The minimum atomic E-state index is 0.0945. The number of fused-ring (bicyclic) bond motifs is 2. The minimum absolute atomic E-state index is 0.0945. The molecule has 124 valence electrons. The lowest BCUT2D eigenvalue weighted by molar-refractivity contribution is -0.137. The van der Waals surface area contributed by atoms with Gasteiger partial charge in [0.2, 0.25) is 5.91 Å². The van der Waals surface area contributed by atoms with Gasteiger partial charge in [0.05, 0.1) is 5.92 Å². The highest BCUT2D eigenvalue weighted by atomic mass is 16.2. The summed E-state index contributed by atoms with van der Waals surface area (Å²) < 4.78 is 0. The second-order valence-corrected chi connectivity index (χ2v) is 7.44. The van der Waals surface area contributed by atoms with Crippen molar-refractivity contribution in [1.29, 1.82) is 0 Å². The van der Waals surface area contributed by atoms with Gasteiger partial charge in [0.15, 0.2) is 0 Å². The second-order valence-electron chi connectivity index (χ2n) is 7.44. The molecule has 1 saturated heterocycles. The molecule has 4 nitrogen and oxygen atoms in total. The summed E-state index contributed by atoms with van der Waals surface area (Å²) in [4.78, 5) is 17.5. The van der Waals surface area contributed by atoms with Crippen molar-refractivity contribution in [2.45, 2.75) is 31.7 Å². The average molecular weight is 313 g/mol. The zero-order valence-electron chi connectivity index (χ0n) is 13.7. The fraction of sp³-hybridized carbons (Fsp3) is 0.632. The fourth-order valence-electron chi connectivity index (χ4n) is 4.95. The summed E-state index contributed by atoms with van der Waals surface area (Å²) in [5, 5.41) is 0. The Morgan fingerprint density at radius 3 is 2.52 bits per heavy atom. The summed E-state index contributed by atoms with van der Waals surface area (Å²) in [7, 11) is 0. The van der Waals surface area contributed by atoms with E-state index in [2.05, 4.69) is 34.1 Å². The van der Waals surface area contributed by atoms with Crippen LogP contribution in [0.4, 0.5) is 5.69 Å². The number of hydrogen-bond donors (Lipinski definition) is 1. The molecule has 1 amide bonds. The average Bonchev–Trinajstić information content (AvgIpc) is 3.07. The molecule has 1 aromatic carbocycles. The van der Waals surface area contributed by atoms with E-state index in [0.717, 1.165) is 32.6 Å². The van der Waals surface area contributed by atoms with Crippen molar-refractivity contribution in [3.8, 4) is 0 Å². The lowest BCUT2D eigenvalue weighted by atomic mass is 9.84. The number of carbonyl (C=O) groups is 1. The number of nitrogens with two attached hydrogens (primary N) is 1. The number of hydrogen-bond acceptors (Lipinski definition) is 3. The van der Waals surface area contributed by atoms with Crippen molar-refractivity contribution in [3.05, 3.63) is 30.3 Å². The van der Waals surface area contributed by atoms with E-state index in [4.69, 9.17) is 5.73 Å². The van der Waals surface area contributed by atoms with Crippen LogP contribution in [0.2, 0.25) is 0 Å². The van der Waals surface area contributed by atoms with E-state index in [0.29, 0.717) is 17.7 Å². The van der Waals surface area contributed by atoms with E-state index in [1.165, 1.54) is 24.9 Å². The van der Waals surface area contributed by atoms with E-state index >= 15 is 0 Å². The molecule has 2 aliphatic carbocycles.